The first-order valence-corrected chi connectivity index (χ1v) is 8.35. The van der Waals surface area contributed by atoms with Crippen LogP contribution in [0.15, 0.2) is 48.7 Å². The molecule has 4 nitrogen and oxygen atoms in total. The topological polar surface area (TPSA) is 56.9 Å². The van der Waals surface area contributed by atoms with Crippen molar-refractivity contribution < 1.29 is 9.18 Å². The van der Waals surface area contributed by atoms with Crippen molar-refractivity contribution in [3.05, 3.63) is 65.6 Å². The second-order valence-corrected chi connectivity index (χ2v) is 6.18. The zero-order valence-electron chi connectivity index (χ0n) is 13.7. The molecule has 0 spiro atoms. The smallest absolute Gasteiger partial charge is 0.170 e. The number of Topliss-reactive ketones (excluding diaryl/α,β-unsaturated/α-hetero) is 1. The van der Waals surface area contributed by atoms with Crippen molar-refractivity contribution in [3.63, 3.8) is 0 Å². The molecule has 0 saturated heterocycles. The van der Waals surface area contributed by atoms with Crippen LogP contribution in [0.2, 0.25) is 0 Å². The SMILES string of the molecule is CC(=O)c1ccc(NC(=S)NCCc2c[nH]c3ccc(F)cc23)cc1. The van der Waals surface area contributed by atoms with Crippen molar-refractivity contribution in [2.75, 3.05) is 11.9 Å². The predicted octanol–water partition coefficient (Wildman–Crippen LogP) is 4.04. The summed E-state index contributed by atoms with van der Waals surface area (Å²) < 4.78 is 13.4. The molecule has 0 unspecified atom stereocenters. The number of H-pyrrole nitrogens is 1. The summed E-state index contributed by atoms with van der Waals surface area (Å²) in [5, 5.41) is 7.60. The number of benzene rings is 2. The van der Waals surface area contributed by atoms with Crippen LogP contribution < -0.4 is 10.6 Å². The number of aromatic amines is 1. The Labute approximate surface area is 150 Å². The van der Waals surface area contributed by atoms with Crippen molar-refractivity contribution in [2.45, 2.75) is 13.3 Å². The highest BCUT2D eigenvalue weighted by Gasteiger charge is 2.05. The van der Waals surface area contributed by atoms with Crippen LogP contribution in [0.1, 0.15) is 22.8 Å². The van der Waals surface area contributed by atoms with E-state index < -0.39 is 0 Å². The lowest BCUT2D eigenvalue weighted by Gasteiger charge is -2.10. The van der Waals surface area contributed by atoms with E-state index in [0.717, 1.165) is 22.2 Å². The maximum atomic E-state index is 13.4. The van der Waals surface area contributed by atoms with Gasteiger partial charge in [0.25, 0.3) is 0 Å². The molecule has 25 heavy (non-hydrogen) atoms. The number of anilines is 1. The molecular formula is C19H18FN3OS. The van der Waals surface area contributed by atoms with Crippen LogP contribution in [0.5, 0.6) is 0 Å². The molecule has 3 aromatic rings. The van der Waals surface area contributed by atoms with E-state index in [9.17, 15) is 9.18 Å². The van der Waals surface area contributed by atoms with Crippen LogP contribution in [-0.4, -0.2) is 22.4 Å². The summed E-state index contributed by atoms with van der Waals surface area (Å²) in [6.45, 7) is 2.16. The van der Waals surface area contributed by atoms with Crippen LogP contribution in [0.25, 0.3) is 10.9 Å². The van der Waals surface area contributed by atoms with E-state index in [4.69, 9.17) is 12.2 Å². The van der Waals surface area contributed by atoms with Crippen molar-refractivity contribution in [1.29, 1.82) is 0 Å². The van der Waals surface area contributed by atoms with Crippen molar-refractivity contribution >= 4 is 39.7 Å². The number of nitrogens with one attached hydrogen (secondary N) is 3. The molecule has 0 fully saturated rings. The molecule has 0 saturated carbocycles. The molecule has 1 aromatic heterocycles. The third kappa shape index (κ3) is 4.22. The van der Waals surface area contributed by atoms with Gasteiger partial charge in [0.2, 0.25) is 0 Å². The number of fused-ring (bicyclic) bond motifs is 1. The number of halogens is 1. The van der Waals surface area contributed by atoms with Crippen LogP contribution in [0.4, 0.5) is 10.1 Å². The predicted molar refractivity (Wildman–Crippen MR) is 103 cm³/mol. The first-order chi connectivity index (χ1) is 12.0. The lowest BCUT2D eigenvalue weighted by Crippen LogP contribution is -2.30. The monoisotopic (exact) mass is 355 g/mol. The molecule has 128 valence electrons. The Morgan fingerprint density at radius 2 is 1.96 bits per heavy atom. The number of carbonyl (C=O) groups is 1. The first kappa shape index (κ1) is 17.1. The Morgan fingerprint density at radius 1 is 1.20 bits per heavy atom. The summed E-state index contributed by atoms with van der Waals surface area (Å²) in [5.41, 5.74) is 3.44. The summed E-state index contributed by atoms with van der Waals surface area (Å²) in [4.78, 5) is 14.4. The molecular weight excluding hydrogens is 337 g/mol. The van der Waals surface area contributed by atoms with Gasteiger partial charge in [-0.25, -0.2) is 4.39 Å². The van der Waals surface area contributed by atoms with Gasteiger partial charge >= 0.3 is 0 Å². The van der Waals surface area contributed by atoms with Gasteiger partial charge in [0.15, 0.2) is 10.9 Å². The first-order valence-electron chi connectivity index (χ1n) is 7.94. The fourth-order valence-corrected chi connectivity index (χ4v) is 2.85. The van der Waals surface area contributed by atoms with Gasteiger partial charge in [0.1, 0.15) is 5.82 Å². The molecule has 0 aliphatic heterocycles. The van der Waals surface area contributed by atoms with Crippen LogP contribution in [0.3, 0.4) is 0 Å². The maximum absolute atomic E-state index is 13.4. The molecule has 0 radical (unpaired) electrons. The minimum absolute atomic E-state index is 0.0300. The van der Waals surface area contributed by atoms with Crippen molar-refractivity contribution in [2.24, 2.45) is 0 Å². The molecule has 3 N–H and O–H groups in total. The van der Waals surface area contributed by atoms with Crippen LogP contribution in [0, 0.1) is 5.82 Å². The summed E-state index contributed by atoms with van der Waals surface area (Å²) in [6.07, 6.45) is 2.61. The van der Waals surface area contributed by atoms with Gasteiger partial charge in [-0.3, -0.25) is 4.79 Å². The summed E-state index contributed by atoms with van der Waals surface area (Å²) in [6, 6.07) is 11.9. The summed E-state index contributed by atoms with van der Waals surface area (Å²) in [5.74, 6) is -0.213. The van der Waals surface area contributed by atoms with E-state index in [1.165, 1.54) is 19.1 Å². The zero-order chi connectivity index (χ0) is 17.8. The van der Waals surface area contributed by atoms with E-state index in [0.29, 0.717) is 23.6 Å². The van der Waals surface area contributed by atoms with E-state index >= 15 is 0 Å². The molecule has 3 rings (SSSR count). The molecule has 1 heterocycles. The second kappa shape index (κ2) is 7.44. The number of thiocarbonyl (C=S) groups is 1. The van der Waals surface area contributed by atoms with Crippen molar-refractivity contribution in [1.82, 2.24) is 10.3 Å². The number of hydrogen-bond donors (Lipinski definition) is 3. The van der Waals surface area contributed by atoms with E-state index in [1.54, 1.807) is 18.2 Å². The van der Waals surface area contributed by atoms with Crippen LogP contribution in [-0.2, 0) is 6.42 Å². The molecule has 0 bridgehead atoms. The number of hydrogen-bond acceptors (Lipinski definition) is 2. The Hall–Kier alpha value is -2.73. The second-order valence-electron chi connectivity index (χ2n) is 5.77. The summed E-state index contributed by atoms with van der Waals surface area (Å²) in [7, 11) is 0. The number of rotatable bonds is 5. The van der Waals surface area contributed by atoms with E-state index in [2.05, 4.69) is 15.6 Å². The minimum atomic E-state index is -0.243. The minimum Gasteiger partial charge on any atom is -0.362 e. The van der Waals surface area contributed by atoms with E-state index in [1.807, 2.05) is 18.3 Å². The largest absolute Gasteiger partial charge is 0.362 e. The maximum Gasteiger partial charge on any atom is 0.170 e. The average Bonchev–Trinajstić information content (AvgIpc) is 2.97. The van der Waals surface area contributed by atoms with Crippen LogP contribution >= 0.6 is 12.2 Å². The highest BCUT2D eigenvalue weighted by Crippen LogP contribution is 2.19. The fraction of sp³-hybridized carbons (Fsp3) is 0.158. The molecule has 0 aliphatic carbocycles. The third-order valence-electron chi connectivity index (χ3n) is 3.96. The van der Waals surface area contributed by atoms with Gasteiger partial charge in [-0.2, -0.15) is 0 Å². The van der Waals surface area contributed by atoms with Gasteiger partial charge in [-0.15, -0.1) is 0 Å². The lowest BCUT2D eigenvalue weighted by molar-refractivity contribution is 0.101. The number of ketones is 1. The third-order valence-corrected chi connectivity index (χ3v) is 4.21. The number of aromatic nitrogens is 1. The van der Waals surface area contributed by atoms with Gasteiger partial charge in [0, 0.05) is 34.9 Å². The fourth-order valence-electron chi connectivity index (χ4n) is 2.63. The van der Waals surface area contributed by atoms with Crippen molar-refractivity contribution in [3.8, 4) is 0 Å². The quantitative estimate of drug-likeness (QED) is 0.478. The van der Waals surface area contributed by atoms with Gasteiger partial charge in [-0.05, 0) is 73.6 Å². The highest BCUT2D eigenvalue weighted by atomic mass is 32.1. The highest BCUT2D eigenvalue weighted by molar-refractivity contribution is 7.80. The zero-order valence-corrected chi connectivity index (χ0v) is 14.5. The normalized spacial score (nSPS) is 10.6. The Balaban J connectivity index is 1.53. The van der Waals surface area contributed by atoms with Gasteiger partial charge in [-0.1, -0.05) is 0 Å². The molecule has 0 atom stereocenters. The Morgan fingerprint density at radius 3 is 2.68 bits per heavy atom. The Bertz CT molecular complexity index is 918. The van der Waals surface area contributed by atoms with Gasteiger partial charge < -0.3 is 15.6 Å². The summed E-state index contributed by atoms with van der Waals surface area (Å²) >= 11 is 5.27. The Kier molecular flexibility index (Phi) is 5.09. The van der Waals surface area contributed by atoms with E-state index in [-0.39, 0.29) is 11.6 Å². The lowest BCUT2D eigenvalue weighted by atomic mass is 10.1. The van der Waals surface area contributed by atoms with Gasteiger partial charge in [0.05, 0.1) is 0 Å². The average molecular weight is 355 g/mol. The molecule has 0 aliphatic rings. The molecule has 2 aromatic carbocycles. The molecule has 6 heteroatoms. The molecule has 0 amide bonds. The number of carbonyl (C=O) groups excluding carboxylic acids is 1. The standard InChI is InChI=1S/C19H18FN3OS/c1-12(24)13-2-5-16(6-3-13)23-19(25)21-9-8-14-11-22-18-7-4-15(20)10-17(14)18/h2-7,10-11,22H,8-9H2,1H3,(H2,21,23,25).